The van der Waals surface area contributed by atoms with E-state index in [1.165, 1.54) is 24.5 Å². The molecule has 1 atom stereocenters. The predicted molar refractivity (Wildman–Crippen MR) is 105 cm³/mol. The third-order valence-electron chi connectivity index (χ3n) is 4.35. The third kappa shape index (κ3) is 4.85. The van der Waals surface area contributed by atoms with Crippen LogP contribution in [-0.2, 0) is 9.13 Å². The quantitative estimate of drug-likeness (QED) is 0.235. The van der Waals surface area contributed by atoms with E-state index < -0.39 is 38.7 Å². The van der Waals surface area contributed by atoms with Gasteiger partial charge in [0.1, 0.15) is 5.15 Å². The molecule has 0 bridgehead atoms. The van der Waals surface area contributed by atoms with Crippen LogP contribution in [0, 0.1) is 0 Å². The fourth-order valence-electron chi connectivity index (χ4n) is 3.15. The second-order valence-corrected chi connectivity index (χ2v) is 10.6. The Hall–Kier alpha value is -1.83. The fraction of sp³-hybridized carbons (Fsp3) is 0.176. The molecule has 0 aliphatic rings. The Labute approximate surface area is 169 Å². The summed E-state index contributed by atoms with van der Waals surface area (Å²) < 4.78 is 29.1. The fourth-order valence-corrected chi connectivity index (χ4v) is 6.47. The van der Waals surface area contributed by atoms with Gasteiger partial charge in [0.2, 0.25) is 0 Å². The number of furan rings is 1. The highest BCUT2D eigenvalue weighted by atomic mass is 35.5. The van der Waals surface area contributed by atoms with Crippen molar-refractivity contribution in [3.05, 3.63) is 65.2 Å². The number of fused-ring (bicyclic) bond motifs is 1. The number of carbonyl (C=O) groups is 1. The van der Waals surface area contributed by atoms with Crippen molar-refractivity contribution in [2.75, 3.05) is 0 Å². The number of aromatic nitrogens is 1. The van der Waals surface area contributed by atoms with Gasteiger partial charge in [-0.1, -0.05) is 29.8 Å². The molecule has 154 valence electrons. The van der Waals surface area contributed by atoms with Crippen LogP contribution in [0.15, 0.2) is 53.1 Å². The molecule has 0 saturated heterocycles. The summed E-state index contributed by atoms with van der Waals surface area (Å²) in [6, 6.07) is 10.9. The number of carbonyl (C=O) groups excluding carboxylic acids is 1. The Morgan fingerprint density at radius 1 is 1.07 bits per heavy atom. The first-order chi connectivity index (χ1) is 13.5. The van der Waals surface area contributed by atoms with E-state index in [4.69, 9.17) is 16.0 Å². The molecule has 0 radical (unpaired) electrons. The molecule has 2 aromatic heterocycles. The molecule has 1 unspecified atom stereocenters. The first-order valence-corrected chi connectivity index (χ1v) is 11.9. The molecule has 0 aliphatic carbocycles. The summed E-state index contributed by atoms with van der Waals surface area (Å²) in [6.07, 6.45) is 0.574. The van der Waals surface area contributed by atoms with Gasteiger partial charge in [-0.15, -0.1) is 0 Å². The van der Waals surface area contributed by atoms with Crippen molar-refractivity contribution >= 4 is 43.5 Å². The highest BCUT2D eigenvalue weighted by Gasteiger charge is 2.50. The summed E-state index contributed by atoms with van der Waals surface area (Å²) in [5.41, 5.74) is 0.420. The van der Waals surface area contributed by atoms with Crippen LogP contribution in [0.1, 0.15) is 28.5 Å². The summed E-state index contributed by atoms with van der Waals surface area (Å²) in [5.74, 6) is -2.43. The van der Waals surface area contributed by atoms with Crippen LogP contribution >= 0.6 is 26.8 Å². The van der Waals surface area contributed by atoms with Crippen molar-refractivity contribution in [1.29, 1.82) is 0 Å². The van der Waals surface area contributed by atoms with Gasteiger partial charge in [0.15, 0.2) is 16.9 Å². The number of hydrogen-bond donors (Lipinski definition) is 4. The zero-order chi connectivity index (χ0) is 21.4. The van der Waals surface area contributed by atoms with Crippen molar-refractivity contribution in [2.24, 2.45) is 0 Å². The number of nitrogens with zero attached hydrogens (tertiary/aromatic N) is 1. The molecule has 9 nitrogen and oxygen atoms in total. The average Bonchev–Trinajstić information content (AvgIpc) is 3.13. The lowest BCUT2D eigenvalue weighted by Gasteiger charge is -2.28. The number of rotatable bonds is 7. The van der Waals surface area contributed by atoms with Crippen LogP contribution in [0.5, 0.6) is 0 Å². The minimum absolute atomic E-state index is 0.0538. The number of Topliss-reactive ketones (excluding diaryl/α,β-unsaturated/α-hetero) is 1. The Morgan fingerprint density at radius 3 is 2.31 bits per heavy atom. The molecule has 0 saturated carbocycles. The molecular weight excluding hydrogens is 444 g/mol. The first kappa shape index (κ1) is 21.9. The molecular formula is C17H16ClNO8P2. The number of ketones is 1. The van der Waals surface area contributed by atoms with E-state index in [1.807, 2.05) is 0 Å². The van der Waals surface area contributed by atoms with Gasteiger partial charge < -0.3 is 24.0 Å². The lowest BCUT2D eigenvalue weighted by Crippen LogP contribution is -2.23. The highest BCUT2D eigenvalue weighted by molar-refractivity contribution is 7.71. The van der Waals surface area contributed by atoms with E-state index in [-0.39, 0.29) is 16.5 Å². The Bertz CT molecular complexity index is 1120. The van der Waals surface area contributed by atoms with E-state index in [0.717, 1.165) is 0 Å². The number of benzene rings is 1. The maximum absolute atomic E-state index is 12.6. The van der Waals surface area contributed by atoms with E-state index in [0.29, 0.717) is 10.9 Å². The lowest BCUT2D eigenvalue weighted by molar-refractivity contribution is 0.0947. The van der Waals surface area contributed by atoms with Crippen molar-refractivity contribution in [3.8, 4) is 0 Å². The van der Waals surface area contributed by atoms with Gasteiger partial charge in [-0.05, 0) is 29.8 Å². The van der Waals surface area contributed by atoms with Gasteiger partial charge in [0, 0.05) is 17.7 Å². The average molecular weight is 460 g/mol. The molecule has 29 heavy (non-hydrogen) atoms. The molecule has 0 amide bonds. The maximum Gasteiger partial charge on any atom is 0.341 e. The van der Waals surface area contributed by atoms with Crippen LogP contribution in [-0.4, -0.2) is 35.7 Å². The number of pyridine rings is 1. The lowest BCUT2D eigenvalue weighted by atomic mass is 9.94. The number of hydrogen-bond acceptors (Lipinski definition) is 5. The minimum Gasteiger partial charge on any atom is -0.461 e. The normalized spacial score (nSPS) is 13.7. The predicted octanol–water partition coefficient (Wildman–Crippen LogP) is 3.52. The van der Waals surface area contributed by atoms with Crippen molar-refractivity contribution < 1.29 is 37.9 Å². The standard InChI is InChI=1S/C17H16ClNO8P2/c18-16-11(8-10-4-1-2-5-13(10)19-16)12(9-14(20)15-6-3-7-27-15)17(28(21,22)23)29(24,25)26/h1-8,12,17H,9H2,(H2,21,22,23)(H2,24,25,26). The number of halogens is 1. The van der Waals surface area contributed by atoms with Gasteiger partial charge in [0.25, 0.3) is 0 Å². The van der Waals surface area contributed by atoms with Crippen molar-refractivity contribution in [2.45, 2.75) is 17.7 Å². The Balaban J connectivity index is 2.19. The van der Waals surface area contributed by atoms with Crippen LogP contribution < -0.4 is 0 Å². The van der Waals surface area contributed by atoms with Gasteiger partial charge in [-0.2, -0.15) is 0 Å². The number of para-hydroxylation sites is 1. The van der Waals surface area contributed by atoms with Crippen LogP contribution in [0.25, 0.3) is 10.9 Å². The van der Waals surface area contributed by atoms with Gasteiger partial charge >= 0.3 is 15.2 Å². The highest BCUT2D eigenvalue weighted by Crippen LogP contribution is 2.65. The summed E-state index contributed by atoms with van der Waals surface area (Å²) in [5, 5.41) is -2.17. The van der Waals surface area contributed by atoms with Gasteiger partial charge in [-0.3, -0.25) is 13.9 Å². The zero-order valence-corrected chi connectivity index (χ0v) is 17.2. The monoisotopic (exact) mass is 459 g/mol. The molecule has 4 N–H and O–H groups in total. The Kier molecular flexibility index (Phi) is 6.13. The summed E-state index contributed by atoms with van der Waals surface area (Å²) in [4.78, 5) is 55.5. The molecule has 0 spiro atoms. The summed E-state index contributed by atoms with van der Waals surface area (Å²) in [7, 11) is -10.7. The SMILES string of the molecule is O=C(CC(c1cc2ccccc2nc1Cl)C(P(=O)(O)O)P(=O)(O)O)c1ccco1. The molecule has 0 fully saturated rings. The van der Waals surface area contributed by atoms with E-state index in [1.54, 1.807) is 24.3 Å². The molecule has 2 heterocycles. The van der Waals surface area contributed by atoms with Gasteiger partial charge in [-0.25, -0.2) is 4.98 Å². The smallest absolute Gasteiger partial charge is 0.341 e. The second kappa shape index (κ2) is 8.13. The molecule has 1 aromatic carbocycles. The molecule has 3 rings (SSSR count). The summed E-state index contributed by atoms with van der Waals surface area (Å²) in [6.45, 7) is 0. The molecule has 0 aliphatic heterocycles. The maximum atomic E-state index is 12.6. The Morgan fingerprint density at radius 2 is 1.72 bits per heavy atom. The molecule has 12 heteroatoms. The molecule has 3 aromatic rings. The first-order valence-electron chi connectivity index (χ1n) is 8.21. The van der Waals surface area contributed by atoms with Crippen LogP contribution in [0.3, 0.4) is 0 Å². The summed E-state index contributed by atoms with van der Waals surface area (Å²) >= 11 is 6.20. The minimum atomic E-state index is -5.36. The van der Waals surface area contributed by atoms with E-state index in [9.17, 15) is 33.5 Å². The largest absolute Gasteiger partial charge is 0.461 e. The van der Waals surface area contributed by atoms with E-state index in [2.05, 4.69) is 4.98 Å². The second-order valence-electron chi connectivity index (χ2n) is 6.36. The van der Waals surface area contributed by atoms with Crippen LogP contribution in [0.2, 0.25) is 5.15 Å². The van der Waals surface area contributed by atoms with Crippen molar-refractivity contribution in [1.82, 2.24) is 4.98 Å². The topological polar surface area (TPSA) is 158 Å². The van der Waals surface area contributed by atoms with Crippen LogP contribution in [0.4, 0.5) is 0 Å². The zero-order valence-electron chi connectivity index (χ0n) is 14.6. The third-order valence-corrected chi connectivity index (χ3v) is 8.56. The van der Waals surface area contributed by atoms with E-state index >= 15 is 0 Å². The van der Waals surface area contributed by atoms with Crippen molar-refractivity contribution in [3.63, 3.8) is 0 Å². The van der Waals surface area contributed by atoms with Gasteiger partial charge in [0.05, 0.1) is 11.8 Å².